The van der Waals surface area contributed by atoms with Gasteiger partial charge in [-0.05, 0) is 107 Å². The lowest BCUT2D eigenvalue weighted by molar-refractivity contribution is -0.193. The van der Waals surface area contributed by atoms with Gasteiger partial charge in [0.2, 0.25) is 11.8 Å². The molecule has 97 heavy (non-hydrogen) atoms. The molecule has 532 valence electrons. The van der Waals surface area contributed by atoms with Crippen LogP contribution < -0.4 is 74.6 Å². The van der Waals surface area contributed by atoms with E-state index in [-0.39, 0.29) is 35.4 Å². The number of guanidine groups is 1. The number of nitrogens with two attached hydrogens (primary N) is 6. The molecule has 2 atom stereocenters. The summed E-state index contributed by atoms with van der Waals surface area (Å²) >= 11 is 0. The van der Waals surface area contributed by atoms with Crippen molar-refractivity contribution in [1.82, 2.24) is 20.6 Å². The Labute approximate surface area is 548 Å². The zero-order chi connectivity index (χ0) is 73.7. The van der Waals surface area contributed by atoms with Gasteiger partial charge in [-0.2, -0.15) is 39.5 Å². The lowest BCUT2D eigenvalue weighted by Crippen LogP contribution is -2.40. The Hall–Kier alpha value is -10.7. The Balaban J connectivity index is 0.000000511. The maximum atomic E-state index is 12.6. The molecule has 0 aliphatic heterocycles. The van der Waals surface area contributed by atoms with Crippen molar-refractivity contribution in [2.45, 2.75) is 118 Å². The third-order valence-electron chi connectivity index (χ3n) is 12.7. The van der Waals surface area contributed by atoms with Gasteiger partial charge in [-0.3, -0.25) is 34.1 Å². The summed E-state index contributed by atoms with van der Waals surface area (Å²) in [6, 6.07) is 17.4. The van der Waals surface area contributed by atoms with Gasteiger partial charge in [-0.15, -0.1) is 0 Å². The highest BCUT2D eigenvalue weighted by Crippen LogP contribution is 2.40. The Morgan fingerprint density at radius 2 is 0.866 bits per heavy atom. The van der Waals surface area contributed by atoms with Crippen molar-refractivity contribution in [3.63, 3.8) is 0 Å². The fraction of sp³-hybridized carbons (Fsp3) is 0.377. The number of rotatable bonds is 26. The first-order chi connectivity index (χ1) is 45.3. The van der Waals surface area contributed by atoms with Crippen LogP contribution in [0.2, 0.25) is 0 Å². The largest absolute Gasteiger partial charge is 0.490 e. The summed E-state index contributed by atoms with van der Waals surface area (Å²) in [6.45, 7) is 16.1. The molecule has 0 aliphatic rings. The number of aliphatic imine (C=N–C) groups is 1. The van der Waals surface area contributed by atoms with E-state index in [1.807, 2.05) is 84.0 Å². The fourth-order valence-electron chi connectivity index (χ4n) is 8.36. The number of aromatic nitrogens is 2. The van der Waals surface area contributed by atoms with E-state index in [2.05, 4.69) is 36.2 Å². The summed E-state index contributed by atoms with van der Waals surface area (Å²) < 4.78 is 118. The summed E-state index contributed by atoms with van der Waals surface area (Å²) in [5.74, 6) is -7.75. The highest BCUT2D eigenvalue weighted by atomic mass is 19.4. The number of primary amides is 2. The number of halogens is 9. The van der Waals surface area contributed by atoms with Gasteiger partial charge in [0.1, 0.15) is 0 Å². The Morgan fingerprint density at radius 1 is 0.536 bits per heavy atom. The van der Waals surface area contributed by atoms with Crippen LogP contribution in [0.5, 0.6) is 23.0 Å². The molecule has 2 heterocycles. The van der Waals surface area contributed by atoms with Gasteiger partial charge in [0.25, 0.3) is 11.8 Å². The van der Waals surface area contributed by atoms with Crippen LogP contribution in [-0.4, -0.2) is 136 Å². The van der Waals surface area contributed by atoms with E-state index in [4.69, 9.17) is 83.1 Å². The van der Waals surface area contributed by atoms with Crippen LogP contribution in [0.4, 0.5) is 62.3 Å². The van der Waals surface area contributed by atoms with Gasteiger partial charge in [0.05, 0.1) is 72.0 Å². The van der Waals surface area contributed by atoms with Crippen LogP contribution in [-0.2, 0) is 49.9 Å². The average Bonchev–Trinajstić information content (AvgIpc) is 0.779. The minimum absolute atomic E-state index is 0.0105. The first-order valence-electron chi connectivity index (χ1n) is 29.1. The Morgan fingerprint density at radius 3 is 1.15 bits per heavy atom. The summed E-state index contributed by atoms with van der Waals surface area (Å²) in [7, 11) is 0. The third-order valence-corrected chi connectivity index (χ3v) is 12.7. The van der Waals surface area contributed by atoms with Crippen molar-refractivity contribution < 1.29 is 107 Å². The molecular formula is C61H76F9N13O14. The van der Waals surface area contributed by atoms with E-state index >= 15 is 0 Å². The number of pyridine rings is 2. The van der Waals surface area contributed by atoms with Crippen LogP contribution in [0.3, 0.4) is 0 Å². The number of fused-ring (bicyclic) bond motifs is 2. The summed E-state index contributed by atoms with van der Waals surface area (Å²) in [5.41, 5.74) is 42.0. The van der Waals surface area contributed by atoms with Crippen LogP contribution in [0.25, 0.3) is 21.8 Å². The molecule has 2 aromatic heterocycles. The molecule has 0 spiro atoms. The van der Waals surface area contributed by atoms with Crippen molar-refractivity contribution in [1.29, 1.82) is 0 Å². The molecular weight excluding hydrogens is 1310 g/mol. The number of hydrogen-bond donors (Lipinski definition) is 13. The molecule has 0 unspecified atom stereocenters. The number of nitrogens with zero attached hydrogens (tertiary/aromatic N) is 3. The number of carbonyl (C=O) groups excluding carboxylic acids is 4. The minimum atomic E-state index is -5.08. The maximum absolute atomic E-state index is 12.6. The van der Waals surface area contributed by atoms with Gasteiger partial charge in [0.15, 0.2) is 29.0 Å². The standard InChI is InChI=1S/C29H40N8O4.C26H33N5O4.3C2HF3O2/c1-4-18-17(15-36-28(39)21(30)10-8-12-34-29(32)33)9-7-11-22(18)37-26-19-13-24(40-5-2)25(41-6-3)14-23(19)35-16-20(26)27(31)38;1-5-17-16(13-30-26(33)15(4)27)9-8-10-20(17)31-24-18-11-22(34-6-2)23(35-7-3)12-21(18)29-14-19(24)25(28)32;3*3-2(4,5)1(6)7/h7,9,11,13-14,16,21H,4-6,8,10,12,15,30H2,1-3H3,(H2,31,38)(H,35,37)(H,36,39)(H4,32,33,34);8-12,14-15H,5-7,13,27H2,1-4H3,(H2,28,32)(H,29,31)(H,30,33);3*(H,6,7)/t21-;15-;;;/m00.../s1. The van der Waals surface area contributed by atoms with Crippen molar-refractivity contribution in [2.75, 3.05) is 43.6 Å². The number of anilines is 4. The molecule has 0 aliphatic carbocycles. The SMILES string of the molecule is CCOc1cc2ncc(C(N)=O)c(Nc3cccc(CNC(=O)[C@@H](N)CCCN=C(N)N)c3CC)c2cc1OCC.CCOc1cc2ncc(C(N)=O)c(Nc3cccc(CNC(=O)[C@H](C)N)c3CC)c2cc1OCC.O=C(O)C(F)(F)F.O=C(O)C(F)(F)F.O=C(O)C(F)(F)F. The predicted molar refractivity (Wildman–Crippen MR) is 340 cm³/mol. The number of amides is 4. The number of ether oxygens (including phenoxy) is 4. The predicted octanol–water partition coefficient (Wildman–Crippen LogP) is 7.73. The number of aliphatic carboxylic acids is 3. The number of alkyl halides is 9. The van der Waals surface area contributed by atoms with E-state index in [1.54, 1.807) is 25.1 Å². The normalized spacial score (nSPS) is 11.5. The van der Waals surface area contributed by atoms with Crippen LogP contribution in [0.1, 0.15) is 104 Å². The molecule has 6 rings (SSSR count). The highest BCUT2D eigenvalue weighted by Gasteiger charge is 2.39. The van der Waals surface area contributed by atoms with Crippen LogP contribution in [0, 0.1) is 0 Å². The third kappa shape index (κ3) is 26.2. The van der Waals surface area contributed by atoms with Gasteiger partial charge in [-0.1, -0.05) is 38.1 Å². The van der Waals surface area contributed by atoms with Crippen molar-refractivity contribution in [3.8, 4) is 23.0 Å². The van der Waals surface area contributed by atoms with Crippen molar-refractivity contribution in [2.24, 2.45) is 39.4 Å². The number of carbonyl (C=O) groups is 7. The van der Waals surface area contributed by atoms with Crippen molar-refractivity contribution in [3.05, 3.63) is 106 Å². The van der Waals surface area contributed by atoms with Gasteiger partial charge < -0.3 is 89.9 Å². The monoisotopic (exact) mass is 1390 g/mol. The van der Waals surface area contributed by atoms with Crippen LogP contribution >= 0.6 is 0 Å². The molecule has 0 saturated carbocycles. The average molecular weight is 1390 g/mol. The molecule has 6 aromatic rings. The maximum Gasteiger partial charge on any atom is 0.490 e. The summed E-state index contributed by atoms with van der Waals surface area (Å²) in [4.78, 5) is 88.9. The topological polar surface area (TPSA) is 459 Å². The van der Waals surface area contributed by atoms with E-state index in [0.717, 1.165) is 33.6 Å². The van der Waals surface area contributed by atoms with Gasteiger partial charge >= 0.3 is 36.4 Å². The van der Waals surface area contributed by atoms with Gasteiger partial charge in [0, 0.05) is 66.3 Å². The Kier molecular flexibility index (Phi) is 32.8. The lowest BCUT2D eigenvalue weighted by Gasteiger charge is -2.20. The van der Waals surface area contributed by atoms with E-state index in [9.17, 15) is 58.7 Å². The zero-order valence-corrected chi connectivity index (χ0v) is 53.4. The molecule has 0 radical (unpaired) electrons. The quantitative estimate of drug-likeness (QED) is 0.0107. The minimum Gasteiger partial charge on any atom is -0.490 e. The molecule has 0 saturated heterocycles. The number of hydrogen-bond acceptors (Lipinski definition) is 18. The first-order valence-corrected chi connectivity index (χ1v) is 29.1. The second-order valence-electron chi connectivity index (χ2n) is 19.7. The van der Waals surface area contributed by atoms with E-state index in [0.29, 0.717) is 121 Å². The first kappa shape index (κ1) is 82.4. The van der Waals surface area contributed by atoms with Gasteiger partial charge in [-0.25, -0.2) is 14.4 Å². The molecule has 0 fully saturated rings. The molecule has 4 aromatic carbocycles. The van der Waals surface area contributed by atoms with Crippen LogP contribution in [0.15, 0.2) is 78.0 Å². The number of carboxylic acid groups (broad SMARTS) is 3. The number of benzene rings is 4. The van der Waals surface area contributed by atoms with Crippen molar-refractivity contribution >= 4 is 92.1 Å². The molecule has 36 heteroatoms. The second-order valence-corrected chi connectivity index (χ2v) is 19.7. The Bertz CT molecular complexity index is 3660. The van der Waals surface area contributed by atoms with E-state index < -0.39 is 60.3 Å². The number of carboxylic acids is 3. The summed E-state index contributed by atoms with van der Waals surface area (Å²) in [6.07, 6.45) is -9.95. The summed E-state index contributed by atoms with van der Waals surface area (Å²) in [5, 5.41) is 35.3. The smallest absolute Gasteiger partial charge is 0.490 e. The molecule has 4 amide bonds. The fourth-order valence-corrected chi connectivity index (χ4v) is 8.36. The molecule has 19 N–H and O–H groups in total. The zero-order valence-electron chi connectivity index (χ0n) is 53.4. The highest BCUT2D eigenvalue weighted by molar-refractivity contribution is 6.09. The molecule has 27 nitrogen and oxygen atoms in total. The second kappa shape index (κ2) is 38.6. The molecule has 0 bridgehead atoms. The number of nitrogens with one attached hydrogen (secondary N) is 4. The van der Waals surface area contributed by atoms with E-state index in [1.165, 1.54) is 12.4 Å². The lowest BCUT2D eigenvalue weighted by atomic mass is 10.0.